The second kappa shape index (κ2) is 5.53. The van der Waals surface area contributed by atoms with Crippen LogP contribution in [-0.4, -0.2) is 29.0 Å². The topological polar surface area (TPSA) is 76.9 Å². The van der Waals surface area contributed by atoms with Gasteiger partial charge in [0.05, 0.1) is 12.4 Å². The molecule has 1 fully saturated rings. The van der Waals surface area contributed by atoms with Crippen molar-refractivity contribution in [2.24, 2.45) is 0 Å². The van der Waals surface area contributed by atoms with Gasteiger partial charge in [-0.2, -0.15) is 0 Å². The average molecular weight is 310 g/mol. The van der Waals surface area contributed by atoms with Crippen molar-refractivity contribution < 1.29 is 12.8 Å². The van der Waals surface area contributed by atoms with E-state index in [1.807, 2.05) is 4.57 Å². The highest BCUT2D eigenvalue weighted by atomic mass is 32.2. The molecule has 1 saturated carbocycles. The van der Waals surface area contributed by atoms with E-state index >= 15 is 0 Å². The number of sulfonamides is 1. The Morgan fingerprint density at radius 3 is 2.90 bits per heavy atom. The van der Waals surface area contributed by atoms with Gasteiger partial charge in [-0.05, 0) is 31.4 Å². The van der Waals surface area contributed by atoms with Crippen molar-refractivity contribution in [3.63, 3.8) is 0 Å². The monoisotopic (exact) mass is 310 g/mol. The molecular formula is C13H15FN4O2S. The van der Waals surface area contributed by atoms with Gasteiger partial charge in [-0.15, -0.1) is 0 Å². The van der Waals surface area contributed by atoms with Crippen LogP contribution >= 0.6 is 0 Å². The number of aromatic nitrogens is 3. The molecule has 2 heterocycles. The molecule has 0 spiro atoms. The molecule has 0 amide bonds. The Kier molecular flexibility index (Phi) is 3.73. The van der Waals surface area contributed by atoms with Gasteiger partial charge in [0, 0.05) is 24.6 Å². The van der Waals surface area contributed by atoms with Crippen LogP contribution in [0.1, 0.15) is 25.3 Å². The zero-order chi connectivity index (χ0) is 14.9. The Morgan fingerprint density at radius 2 is 2.19 bits per heavy atom. The van der Waals surface area contributed by atoms with E-state index < -0.39 is 20.9 Å². The lowest BCUT2D eigenvalue weighted by Gasteiger charge is -2.21. The summed E-state index contributed by atoms with van der Waals surface area (Å²) in [5.74, 6) is -0.845. The lowest BCUT2D eigenvalue weighted by Crippen LogP contribution is -2.38. The molecule has 0 bridgehead atoms. The summed E-state index contributed by atoms with van der Waals surface area (Å²) in [4.78, 5) is 7.62. The van der Waals surface area contributed by atoms with E-state index in [1.165, 1.54) is 12.3 Å². The molecule has 2 atom stereocenters. The van der Waals surface area contributed by atoms with Crippen molar-refractivity contribution >= 4 is 10.0 Å². The smallest absolute Gasteiger partial charge is 0.261 e. The molecule has 3 rings (SSSR count). The van der Waals surface area contributed by atoms with Gasteiger partial charge >= 0.3 is 0 Å². The Labute approximate surface area is 122 Å². The quantitative estimate of drug-likeness (QED) is 0.928. The van der Waals surface area contributed by atoms with E-state index in [9.17, 15) is 12.8 Å². The maximum Gasteiger partial charge on any atom is 0.261 e. The van der Waals surface area contributed by atoms with E-state index in [-0.39, 0.29) is 12.1 Å². The van der Waals surface area contributed by atoms with Crippen LogP contribution in [0.5, 0.6) is 0 Å². The Morgan fingerprint density at radius 1 is 1.33 bits per heavy atom. The highest BCUT2D eigenvalue weighted by Gasteiger charge is 2.33. The fraction of sp³-hybridized carbons (Fsp3) is 0.385. The van der Waals surface area contributed by atoms with Crippen molar-refractivity contribution in [1.82, 2.24) is 19.3 Å². The number of nitrogens with zero attached hydrogens (tertiary/aromatic N) is 3. The summed E-state index contributed by atoms with van der Waals surface area (Å²) in [5, 5.41) is -0.554. The van der Waals surface area contributed by atoms with E-state index in [0.717, 1.165) is 18.9 Å². The number of pyridine rings is 1. The van der Waals surface area contributed by atoms with Crippen LogP contribution in [0.3, 0.4) is 0 Å². The molecule has 1 aliphatic carbocycles. The fourth-order valence-electron chi connectivity index (χ4n) is 2.72. The summed E-state index contributed by atoms with van der Waals surface area (Å²) in [5.41, 5.74) is 0. The van der Waals surface area contributed by atoms with Crippen molar-refractivity contribution in [1.29, 1.82) is 0 Å². The number of nitrogens with one attached hydrogen (secondary N) is 1. The molecule has 0 aliphatic heterocycles. The average Bonchev–Trinajstić information content (AvgIpc) is 3.09. The van der Waals surface area contributed by atoms with Crippen LogP contribution in [0.2, 0.25) is 0 Å². The predicted molar refractivity (Wildman–Crippen MR) is 73.4 cm³/mol. The summed E-state index contributed by atoms with van der Waals surface area (Å²) in [7, 11) is -3.97. The molecule has 1 aliphatic rings. The van der Waals surface area contributed by atoms with E-state index in [1.54, 1.807) is 18.7 Å². The van der Waals surface area contributed by atoms with Crippen molar-refractivity contribution in [3.8, 4) is 0 Å². The molecule has 6 nitrogen and oxygen atoms in total. The Bertz CT molecular complexity index is 718. The molecule has 2 unspecified atom stereocenters. The van der Waals surface area contributed by atoms with Gasteiger partial charge in [-0.25, -0.2) is 27.5 Å². The molecule has 0 saturated heterocycles. The summed E-state index contributed by atoms with van der Waals surface area (Å²) in [6.07, 6.45) is 8.85. The van der Waals surface area contributed by atoms with Gasteiger partial charge in [0.2, 0.25) is 5.03 Å². The molecule has 2 aromatic rings. The summed E-state index contributed by atoms with van der Waals surface area (Å²) >= 11 is 0. The lowest BCUT2D eigenvalue weighted by atomic mass is 10.2. The molecule has 112 valence electrons. The molecule has 8 heteroatoms. The van der Waals surface area contributed by atoms with Crippen LogP contribution in [0.15, 0.2) is 42.1 Å². The maximum absolute atomic E-state index is 13.6. The van der Waals surface area contributed by atoms with Crippen LogP contribution in [0.4, 0.5) is 4.39 Å². The first kappa shape index (κ1) is 14.2. The summed E-state index contributed by atoms with van der Waals surface area (Å²) < 4.78 is 42.7. The van der Waals surface area contributed by atoms with E-state index in [2.05, 4.69) is 14.7 Å². The number of rotatable bonds is 4. The van der Waals surface area contributed by atoms with Crippen molar-refractivity contribution in [3.05, 3.63) is 42.9 Å². The van der Waals surface area contributed by atoms with Crippen LogP contribution in [0, 0.1) is 5.82 Å². The zero-order valence-corrected chi connectivity index (χ0v) is 12.0. The van der Waals surface area contributed by atoms with Gasteiger partial charge < -0.3 is 4.57 Å². The largest absolute Gasteiger partial charge is 0.333 e. The van der Waals surface area contributed by atoms with Crippen molar-refractivity contribution in [2.45, 2.75) is 36.4 Å². The highest BCUT2D eigenvalue weighted by Crippen LogP contribution is 2.31. The molecule has 2 aromatic heterocycles. The number of hydrogen-bond donors (Lipinski definition) is 1. The highest BCUT2D eigenvalue weighted by molar-refractivity contribution is 7.89. The number of imidazole rings is 1. The third-order valence-corrected chi connectivity index (χ3v) is 5.10. The van der Waals surface area contributed by atoms with Crippen LogP contribution in [0.25, 0.3) is 0 Å². The standard InChI is InChI=1S/C13H15FN4O2S/c14-10-3-2-6-16-13(10)21(19,20)17-11-4-1-5-12(11)18-8-7-15-9-18/h2-3,6-9,11-12,17H,1,4-5H2. The first-order chi connectivity index (χ1) is 10.1. The Balaban J connectivity index is 1.84. The third kappa shape index (κ3) is 2.81. The predicted octanol–water partition coefficient (Wildman–Crippen LogP) is 1.49. The van der Waals surface area contributed by atoms with Gasteiger partial charge in [-0.1, -0.05) is 0 Å². The summed E-state index contributed by atoms with van der Waals surface area (Å²) in [6.45, 7) is 0. The summed E-state index contributed by atoms with van der Waals surface area (Å²) in [6, 6.07) is 2.15. The SMILES string of the molecule is O=S(=O)(NC1CCCC1n1ccnc1)c1ncccc1F. The van der Waals surface area contributed by atoms with Crippen LogP contribution < -0.4 is 4.72 Å². The first-order valence-electron chi connectivity index (χ1n) is 6.68. The lowest BCUT2D eigenvalue weighted by molar-refractivity contribution is 0.429. The first-order valence-corrected chi connectivity index (χ1v) is 8.16. The van der Waals surface area contributed by atoms with Gasteiger partial charge in [0.25, 0.3) is 10.0 Å². The molecule has 21 heavy (non-hydrogen) atoms. The zero-order valence-electron chi connectivity index (χ0n) is 11.2. The van der Waals surface area contributed by atoms with E-state index in [4.69, 9.17) is 0 Å². The minimum atomic E-state index is -3.97. The maximum atomic E-state index is 13.6. The normalized spacial score (nSPS) is 22.5. The fourth-order valence-corrected chi connectivity index (χ4v) is 4.03. The molecular weight excluding hydrogens is 295 g/mol. The third-order valence-electron chi connectivity index (χ3n) is 3.67. The van der Waals surface area contributed by atoms with Crippen LogP contribution in [-0.2, 0) is 10.0 Å². The van der Waals surface area contributed by atoms with E-state index in [0.29, 0.717) is 6.42 Å². The minimum Gasteiger partial charge on any atom is -0.333 e. The molecule has 0 aromatic carbocycles. The second-order valence-electron chi connectivity index (χ2n) is 5.03. The number of hydrogen-bond acceptors (Lipinski definition) is 4. The van der Waals surface area contributed by atoms with Gasteiger partial charge in [0.15, 0.2) is 5.82 Å². The second-order valence-corrected chi connectivity index (χ2v) is 6.66. The molecule has 1 N–H and O–H groups in total. The minimum absolute atomic E-state index is 0.00551. The Hall–Kier alpha value is -1.80. The van der Waals surface area contributed by atoms with Crippen molar-refractivity contribution in [2.75, 3.05) is 0 Å². The van der Waals surface area contributed by atoms with Gasteiger partial charge in [-0.3, -0.25) is 0 Å². The van der Waals surface area contributed by atoms with Gasteiger partial charge in [0.1, 0.15) is 0 Å². The molecule has 0 radical (unpaired) electrons. The number of halogens is 1.